The molecule has 1 aromatic heterocycles. The number of nitrogens with zero attached hydrogens (tertiary/aromatic N) is 2. The van der Waals surface area contributed by atoms with Crippen molar-refractivity contribution in [1.82, 2.24) is 9.88 Å². The van der Waals surface area contributed by atoms with Gasteiger partial charge < -0.3 is 10.0 Å². The molecular weight excluding hydrogens is 232 g/mol. The number of carbonyl (C=O) groups excluding carboxylic acids is 1. The van der Waals surface area contributed by atoms with Gasteiger partial charge >= 0.3 is 5.97 Å². The summed E-state index contributed by atoms with van der Waals surface area (Å²) < 4.78 is 0. The average molecular weight is 250 g/mol. The van der Waals surface area contributed by atoms with Gasteiger partial charge in [0.2, 0.25) is 5.91 Å². The normalized spacial score (nSPS) is 11.9. The van der Waals surface area contributed by atoms with Crippen LogP contribution >= 0.6 is 0 Å². The summed E-state index contributed by atoms with van der Waals surface area (Å²) in [6.07, 6.45) is 4.05. The SMILES string of the molecule is CC(CC(=O)O)C(=O)N(C)CCc1cccnc1. The minimum Gasteiger partial charge on any atom is -0.481 e. The summed E-state index contributed by atoms with van der Waals surface area (Å²) in [6.45, 7) is 2.20. The first kappa shape index (κ1) is 14.2. The van der Waals surface area contributed by atoms with E-state index in [1.165, 1.54) is 0 Å². The Morgan fingerprint density at radius 3 is 2.78 bits per heavy atom. The van der Waals surface area contributed by atoms with Crippen molar-refractivity contribution in [2.75, 3.05) is 13.6 Å². The molecule has 1 heterocycles. The van der Waals surface area contributed by atoms with Gasteiger partial charge in [0.05, 0.1) is 6.42 Å². The molecule has 0 spiro atoms. The minimum absolute atomic E-state index is 0.129. The van der Waals surface area contributed by atoms with Crippen molar-refractivity contribution < 1.29 is 14.7 Å². The van der Waals surface area contributed by atoms with Crippen LogP contribution in [0.4, 0.5) is 0 Å². The highest BCUT2D eigenvalue weighted by molar-refractivity contribution is 5.82. The Morgan fingerprint density at radius 1 is 1.50 bits per heavy atom. The van der Waals surface area contributed by atoms with E-state index in [2.05, 4.69) is 4.98 Å². The molecule has 1 aromatic rings. The lowest BCUT2D eigenvalue weighted by molar-refractivity contribution is -0.143. The molecule has 5 nitrogen and oxygen atoms in total. The molecule has 0 aliphatic rings. The van der Waals surface area contributed by atoms with E-state index in [0.29, 0.717) is 6.54 Å². The number of aliphatic carboxylic acids is 1. The number of hydrogen-bond acceptors (Lipinski definition) is 3. The highest BCUT2D eigenvalue weighted by Crippen LogP contribution is 2.07. The van der Waals surface area contributed by atoms with Gasteiger partial charge in [-0.3, -0.25) is 14.6 Å². The van der Waals surface area contributed by atoms with Crippen molar-refractivity contribution in [3.8, 4) is 0 Å². The Hall–Kier alpha value is -1.91. The standard InChI is InChI=1S/C13H18N2O3/c1-10(8-12(16)17)13(18)15(2)7-5-11-4-3-6-14-9-11/h3-4,6,9-10H,5,7-8H2,1-2H3,(H,16,17). The van der Waals surface area contributed by atoms with Crippen LogP contribution in [0.2, 0.25) is 0 Å². The van der Waals surface area contributed by atoms with Gasteiger partial charge in [0, 0.05) is 31.9 Å². The molecule has 18 heavy (non-hydrogen) atoms. The van der Waals surface area contributed by atoms with Crippen molar-refractivity contribution >= 4 is 11.9 Å². The number of rotatable bonds is 6. The zero-order valence-corrected chi connectivity index (χ0v) is 10.7. The predicted molar refractivity (Wildman–Crippen MR) is 67.0 cm³/mol. The van der Waals surface area contributed by atoms with Crippen molar-refractivity contribution in [2.24, 2.45) is 5.92 Å². The van der Waals surface area contributed by atoms with E-state index in [4.69, 9.17) is 5.11 Å². The number of likely N-dealkylation sites (N-methyl/N-ethyl adjacent to an activating group) is 1. The van der Waals surface area contributed by atoms with Gasteiger partial charge in [-0.2, -0.15) is 0 Å². The summed E-state index contributed by atoms with van der Waals surface area (Å²) in [7, 11) is 1.69. The van der Waals surface area contributed by atoms with Crippen molar-refractivity contribution in [3.05, 3.63) is 30.1 Å². The van der Waals surface area contributed by atoms with Crippen molar-refractivity contribution in [2.45, 2.75) is 19.8 Å². The summed E-state index contributed by atoms with van der Waals surface area (Å²) in [4.78, 5) is 28.0. The topological polar surface area (TPSA) is 70.5 Å². The first-order valence-electron chi connectivity index (χ1n) is 5.86. The lowest BCUT2D eigenvalue weighted by Crippen LogP contribution is -2.34. The third kappa shape index (κ3) is 4.53. The number of aromatic nitrogens is 1. The van der Waals surface area contributed by atoms with Crippen LogP contribution in [0.3, 0.4) is 0 Å². The quantitative estimate of drug-likeness (QED) is 0.823. The van der Waals surface area contributed by atoms with E-state index >= 15 is 0 Å². The van der Waals surface area contributed by atoms with Crippen LogP contribution in [0, 0.1) is 5.92 Å². The van der Waals surface area contributed by atoms with E-state index in [1.807, 2.05) is 12.1 Å². The second-order valence-electron chi connectivity index (χ2n) is 4.37. The Balaban J connectivity index is 2.43. The second-order valence-corrected chi connectivity index (χ2v) is 4.37. The second kappa shape index (κ2) is 6.74. The van der Waals surface area contributed by atoms with Crippen LogP contribution in [-0.2, 0) is 16.0 Å². The van der Waals surface area contributed by atoms with Gasteiger partial charge in [0.25, 0.3) is 0 Å². The maximum atomic E-state index is 11.8. The van der Waals surface area contributed by atoms with E-state index < -0.39 is 11.9 Å². The van der Waals surface area contributed by atoms with E-state index in [9.17, 15) is 9.59 Å². The van der Waals surface area contributed by atoms with Gasteiger partial charge in [-0.25, -0.2) is 0 Å². The molecule has 0 fully saturated rings. The molecule has 0 aromatic carbocycles. The average Bonchev–Trinajstić information content (AvgIpc) is 2.35. The highest BCUT2D eigenvalue weighted by atomic mass is 16.4. The smallest absolute Gasteiger partial charge is 0.304 e. The van der Waals surface area contributed by atoms with Crippen LogP contribution < -0.4 is 0 Å². The van der Waals surface area contributed by atoms with Crippen LogP contribution in [0.1, 0.15) is 18.9 Å². The Bertz CT molecular complexity index is 406. The Morgan fingerprint density at radius 2 is 2.22 bits per heavy atom. The first-order chi connectivity index (χ1) is 8.50. The third-order valence-electron chi connectivity index (χ3n) is 2.74. The van der Waals surface area contributed by atoms with Crippen LogP contribution in [0.25, 0.3) is 0 Å². The zero-order chi connectivity index (χ0) is 13.5. The molecule has 0 aliphatic heterocycles. The van der Waals surface area contributed by atoms with Gasteiger partial charge in [-0.05, 0) is 18.1 Å². The Labute approximate surface area is 106 Å². The monoisotopic (exact) mass is 250 g/mol. The number of amides is 1. The van der Waals surface area contributed by atoms with Crippen LogP contribution in [0.5, 0.6) is 0 Å². The first-order valence-corrected chi connectivity index (χ1v) is 5.86. The molecule has 0 saturated carbocycles. The summed E-state index contributed by atoms with van der Waals surface area (Å²) in [5, 5.41) is 8.64. The number of carbonyl (C=O) groups is 2. The lowest BCUT2D eigenvalue weighted by Gasteiger charge is -2.20. The summed E-state index contributed by atoms with van der Waals surface area (Å²) >= 11 is 0. The summed E-state index contributed by atoms with van der Waals surface area (Å²) in [5.74, 6) is -1.57. The molecule has 98 valence electrons. The summed E-state index contributed by atoms with van der Waals surface area (Å²) in [5.41, 5.74) is 1.06. The Kier molecular flexibility index (Phi) is 5.30. The van der Waals surface area contributed by atoms with Crippen LogP contribution in [0.15, 0.2) is 24.5 Å². The summed E-state index contributed by atoms with van der Waals surface area (Å²) in [6, 6.07) is 3.80. The number of pyridine rings is 1. The lowest BCUT2D eigenvalue weighted by atomic mass is 10.1. The largest absolute Gasteiger partial charge is 0.481 e. The molecule has 1 amide bonds. The van der Waals surface area contributed by atoms with E-state index in [1.54, 1.807) is 31.3 Å². The van der Waals surface area contributed by atoms with E-state index in [0.717, 1.165) is 12.0 Å². The molecule has 1 N–H and O–H groups in total. The van der Waals surface area contributed by atoms with Crippen LogP contribution in [-0.4, -0.2) is 40.5 Å². The molecule has 0 saturated heterocycles. The fourth-order valence-corrected chi connectivity index (χ4v) is 1.68. The van der Waals surface area contributed by atoms with E-state index in [-0.39, 0.29) is 12.3 Å². The molecule has 1 atom stereocenters. The molecule has 5 heteroatoms. The maximum absolute atomic E-state index is 11.8. The predicted octanol–water partition coefficient (Wildman–Crippen LogP) is 1.19. The molecule has 1 rings (SSSR count). The van der Waals surface area contributed by atoms with Gasteiger partial charge in [0.15, 0.2) is 0 Å². The van der Waals surface area contributed by atoms with Crippen molar-refractivity contribution in [3.63, 3.8) is 0 Å². The number of hydrogen-bond donors (Lipinski definition) is 1. The molecule has 0 aliphatic carbocycles. The molecular formula is C13H18N2O3. The highest BCUT2D eigenvalue weighted by Gasteiger charge is 2.19. The van der Waals surface area contributed by atoms with Gasteiger partial charge in [-0.15, -0.1) is 0 Å². The van der Waals surface area contributed by atoms with Gasteiger partial charge in [0.1, 0.15) is 0 Å². The maximum Gasteiger partial charge on any atom is 0.304 e. The zero-order valence-electron chi connectivity index (χ0n) is 10.7. The third-order valence-corrected chi connectivity index (χ3v) is 2.74. The molecule has 0 bridgehead atoms. The van der Waals surface area contributed by atoms with Gasteiger partial charge in [-0.1, -0.05) is 13.0 Å². The molecule has 0 radical (unpaired) electrons. The molecule has 1 unspecified atom stereocenters. The fourth-order valence-electron chi connectivity index (χ4n) is 1.68. The number of carboxylic acid groups (broad SMARTS) is 1. The fraction of sp³-hybridized carbons (Fsp3) is 0.462. The minimum atomic E-state index is -0.948. The van der Waals surface area contributed by atoms with Crippen molar-refractivity contribution in [1.29, 1.82) is 0 Å². The number of carboxylic acids is 1.